The smallest absolute Gasteiger partial charge is 0.346 e. The van der Waals surface area contributed by atoms with Crippen molar-refractivity contribution in [3.05, 3.63) is 81.5 Å². The van der Waals surface area contributed by atoms with E-state index in [2.05, 4.69) is 55.3 Å². The first kappa shape index (κ1) is 20.9. The number of aromatic nitrogens is 3. The average Bonchev–Trinajstić information content (AvgIpc) is 3.02. The zero-order valence-corrected chi connectivity index (χ0v) is 17.7. The molecule has 0 amide bonds. The summed E-state index contributed by atoms with van der Waals surface area (Å²) in [6.07, 6.45) is 4.80. The molecule has 0 aliphatic carbocycles. The first-order chi connectivity index (χ1) is 14.1. The maximum absolute atomic E-state index is 12.8. The lowest BCUT2D eigenvalue weighted by atomic mass is 10.1. The third-order valence-electron chi connectivity index (χ3n) is 5.15. The van der Waals surface area contributed by atoms with Crippen LogP contribution in [-0.4, -0.2) is 21.5 Å². The summed E-state index contributed by atoms with van der Waals surface area (Å²) in [6, 6.07) is 16.5. The van der Waals surface area contributed by atoms with E-state index in [1.165, 1.54) is 11.1 Å². The number of ether oxygens (including phenoxy) is 1. The summed E-state index contributed by atoms with van der Waals surface area (Å²) in [5, 5.41) is 4.67. The van der Waals surface area contributed by atoms with Gasteiger partial charge in [-0.15, -0.1) is 0 Å². The summed E-state index contributed by atoms with van der Waals surface area (Å²) in [5.74, 6) is 1.80. The number of hydrogen-bond acceptors (Lipinski definition) is 3. The lowest BCUT2D eigenvalue weighted by Gasteiger charge is -2.05. The van der Waals surface area contributed by atoms with Gasteiger partial charge in [-0.2, -0.15) is 5.10 Å². The Kier molecular flexibility index (Phi) is 7.28. The number of methoxy groups -OCH3 is 1. The molecule has 1 aromatic heterocycles. The third kappa shape index (κ3) is 5.59. The fourth-order valence-electron chi connectivity index (χ4n) is 3.53. The van der Waals surface area contributed by atoms with Crippen molar-refractivity contribution in [1.82, 2.24) is 14.3 Å². The summed E-state index contributed by atoms with van der Waals surface area (Å²) in [5.41, 5.74) is 3.59. The van der Waals surface area contributed by atoms with Gasteiger partial charge in [0.15, 0.2) is 0 Å². The Bertz CT molecular complexity index is 971. The average molecular weight is 394 g/mol. The summed E-state index contributed by atoms with van der Waals surface area (Å²) >= 11 is 0. The summed E-state index contributed by atoms with van der Waals surface area (Å²) in [7, 11) is 1.69. The van der Waals surface area contributed by atoms with Crippen molar-refractivity contribution in [3.8, 4) is 5.75 Å². The van der Waals surface area contributed by atoms with Gasteiger partial charge in [0.2, 0.25) is 0 Å². The van der Waals surface area contributed by atoms with Crippen LogP contribution in [0.2, 0.25) is 0 Å². The van der Waals surface area contributed by atoms with E-state index in [0.717, 1.165) is 55.8 Å². The molecule has 29 heavy (non-hydrogen) atoms. The van der Waals surface area contributed by atoms with E-state index in [4.69, 9.17) is 4.74 Å². The second-order valence-electron chi connectivity index (χ2n) is 7.55. The van der Waals surface area contributed by atoms with Crippen molar-refractivity contribution < 1.29 is 4.74 Å². The predicted molar refractivity (Wildman–Crippen MR) is 117 cm³/mol. The van der Waals surface area contributed by atoms with Crippen LogP contribution in [-0.2, 0) is 25.9 Å². The molecule has 0 saturated carbocycles. The number of benzene rings is 2. The van der Waals surface area contributed by atoms with Crippen molar-refractivity contribution in [2.24, 2.45) is 0 Å². The Labute approximate surface area is 173 Å². The van der Waals surface area contributed by atoms with Crippen LogP contribution in [0.5, 0.6) is 5.75 Å². The van der Waals surface area contributed by atoms with Crippen LogP contribution < -0.4 is 10.4 Å². The minimum atomic E-state index is -0.00443. The molecule has 3 rings (SSSR count). The number of rotatable bonds is 10. The van der Waals surface area contributed by atoms with Gasteiger partial charge in [-0.25, -0.2) is 9.48 Å². The van der Waals surface area contributed by atoms with Crippen molar-refractivity contribution in [2.45, 2.75) is 59.0 Å². The molecule has 0 spiro atoms. The monoisotopic (exact) mass is 393 g/mol. The molecule has 2 aromatic carbocycles. The summed E-state index contributed by atoms with van der Waals surface area (Å²) in [4.78, 5) is 12.8. The van der Waals surface area contributed by atoms with E-state index in [1.54, 1.807) is 11.8 Å². The molecule has 0 bridgehead atoms. The van der Waals surface area contributed by atoms with Gasteiger partial charge < -0.3 is 4.74 Å². The lowest BCUT2D eigenvalue weighted by molar-refractivity contribution is 0.414. The topological polar surface area (TPSA) is 49.0 Å². The van der Waals surface area contributed by atoms with Gasteiger partial charge in [0.1, 0.15) is 11.6 Å². The van der Waals surface area contributed by atoms with E-state index < -0.39 is 0 Å². The van der Waals surface area contributed by atoms with Gasteiger partial charge >= 0.3 is 5.69 Å². The molecular weight excluding hydrogens is 362 g/mol. The zero-order valence-electron chi connectivity index (χ0n) is 17.7. The Morgan fingerprint density at radius 1 is 1.00 bits per heavy atom. The third-order valence-corrected chi connectivity index (χ3v) is 5.15. The quantitative estimate of drug-likeness (QED) is 0.480. The van der Waals surface area contributed by atoms with Crippen LogP contribution >= 0.6 is 0 Å². The second kappa shape index (κ2) is 10.1. The predicted octanol–water partition coefficient (Wildman–Crippen LogP) is 4.39. The van der Waals surface area contributed by atoms with Gasteiger partial charge in [0, 0.05) is 13.0 Å². The maximum atomic E-state index is 12.8. The van der Waals surface area contributed by atoms with Crippen LogP contribution in [0.4, 0.5) is 0 Å². The van der Waals surface area contributed by atoms with Gasteiger partial charge in [0.25, 0.3) is 0 Å². The van der Waals surface area contributed by atoms with Crippen molar-refractivity contribution >= 4 is 0 Å². The highest BCUT2D eigenvalue weighted by Crippen LogP contribution is 2.15. The van der Waals surface area contributed by atoms with Crippen LogP contribution in [0.25, 0.3) is 0 Å². The first-order valence-corrected chi connectivity index (χ1v) is 10.5. The Morgan fingerprint density at radius 2 is 1.76 bits per heavy atom. The summed E-state index contributed by atoms with van der Waals surface area (Å²) in [6.45, 7) is 5.40. The minimum Gasteiger partial charge on any atom is -0.497 e. The fourth-order valence-corrected chi connectivity index (χ4v) is 3.53. The largest absolute Gasteiger partial charge is 0.497 e. The lowest BCUT2D eigenvalue weighted by Crippen LogP contribution is -2.26. The fraction of sp³-hybridized carbons (Fsp3) is 0.417. The molecule has 0 aliphatic rings. The second-order valence-corrected chi connectivity index (χ2v) is 7.55. The summed E-state index contributed by atoms with van der Waals surface area (Å²) < 4.78 is 8.75. The molecule has 0 atom stereocenters. The molecule has 5 nitrogen and oxygen atoms in total. The van der Waals surface area contributed by atoms with Crippen LogP contribution in [0, 0.1) is 6.92 Å². The molecule has 0 saturated heterocycles. The zero-order chi connectivity index (χ0) is 20.6. The van der Waals surface area contributed by atoms with Gasteiger partial charge in [-0.05, 0) is 55.9 Å². The SMILES string of the molecule is CCCn1c(CCCCc2cccc(OC)c2)nn(Cc2ccc(C)cc2)c1=O. The molecule has 1 heterocycles. The highest BCUT2D eigenvalue weighted by Gasteiger charge is 2.13. The Hall–Kier alpha value is -2.82. The van der Waals surface area contributed by atoms with Crippen LogP contribution in [0.3, 0.4) is 0 Å². The molecule has 154 valence electrons. The first-order valence-electron chi connectivity index (χ1n) is 10.5. The van der Waals surface area contributed by atoms with Crippen LogP contribution in [0.1, 0.15) is 48.7 Å². The maximum Gasteiger partial charge on any atom is 0.346 e. The molecule has 5 heteroatoms. The molecule has 0 unspecified atom stereocenters. The van der Waals surface area contributed by atoms with Gasteiger partial charge in [-0.3, -0.25) is 4.57 Å². The Morgan fingerprint density at radius 3 is 2.48 bits per heavy atom. The molecule has 0 radical (unpaired) electrons. The molecule has 0 fully saturated rings. The number of aryl methyl sites for hydroxylation is 3. The van der Waals surface area contributed by atoms with E-state index in [0.29, 0.717) is 6.54 Å². The van der Waals surface area contributed by atoms with Gasteiger partial charge in [-0.1, -0.05) is 48.9 Å². The minimum absolute atomic E-state index is 0.00443. The van der Waals surface area contributed by atoms with Crippen molar-refractivity contribution in [3.63, 3.8) is 0 Å². The molecular formula is C24H31N3O2. The normalized spacial score (nSPS) is 11.0. The van der Waals surface area contributed by atoms with Crippen molar-refractivity contribution in [2.75, 3.05) is 7.11 Å². The molecule has 3 aromatic rings. The van der Waals surface area contributed by atoms with E-state index in [-0.39, 0.29) is 5.69 Å². The van der Waals surface area contributed by atoms with E-state index >= 15 is 0 Å². The number of hydrogen-bond donors (Lipinski definition) is 0. The van der Waals surface area contributed by atoms with Crippen LogP contribution in [0.15, 0.2) is 53.3 Å². The standard InChI is InChI=1S/C24H31N3O2/c1-4-16-26-23(11-6-5-8-20-9-7-10-22(17-20)29-3)25-27(24(26)28)18-21-14-12-19(2)13-15-21/h7,9-10,12-15,17H,4-6,8,11,16,18H2,1-3H3. The number of unbranched alkanes of at least 4 members (excludes halogenated alkanes) is 1. The Balaban J connectivity index is 1.64. The highest BCUT2D eigenvalue weighted by atomic mass is 16.5. The van der Waals surface area contributed by atoms with Crippen molar-refractivity contribution in [1.29, 1.82) is 0 Å². The van der Waals surface area contributed by atoms with Gasteiger partial charge in [0.05, 0.1) is 13.7 Å². The number of nitrogens with zero attached hydrogens (tertiary/aromatic N) is 3. The highest BCUT2D eigenvalue weighted by molar-refractivity contribution is 5.28. The molecule has 0 aliphatic heterocycles. The van der Waals surface area contributed by atoms with E-state index in [9.17, 15) is 4.79 Å². The van der Waals surface area contributed by atoms with E-state index in [1.807, 2.05) is 16.7 Å². The molecule has 0 N–H and O–H groups in total.